The Morgan fingerprint density at radius 1 is 1.45 bits per heavy atom. The van der Waals surface area contributed by atoms with Crippen LogP contribution < -0.4 is 5.32 Å². The molecule has 122 valence electrons. The largest absolute Gasteiger partial charge is 0.468 e. The SMILES string of the molecule is CC(C)NC(=O)[C@@H]1CN(Cc2ccco2)CC12CCOCC2. The summed E-state index contributed by atoms with van der Waals surface area (Å²) in [5.74, 6) is 1.21. The van der Waals surface area contributed by atoms with Gasteiger partial charge in [-0.05, 0) is 38.8 Å². The van der Waals surface area contributed by atoms with Gasteiger partial charge in [-0.2, -0.15) is 0 Å². The third-order valence-corrected chi connectivity index (χ3v) is 4.91. The minimum atomic E-state index is 0.0498. The molecule has 1 atom stereocenters. The Labute approximate surface area is 132 Å². The number of amides is 1. The third-order valence-electron chi connectivity index (χ3n) is 4.91. The van der Waals surface area contributed by atoms with Crippen LogP contribution in [0.2, 0.25) is 0 Å². The maximum absolute atomic E-state index is 12.7. The van der Waals surface area contributed by atoms with E-state index in [1.165, 1.54) is 0 Å². The van der Waals surface area contributed by atoms with Gasteiger partial charge in [0.2, 0.25) is 5.91 Å². The van der Waals surface area contributed by atoms with E-state index in [4.69, 9.17) is 9.15 Å². The highest BCUT2D eigenvalue weighted by Crippen LogP contribution is 2.44. The van der Waals surface area contributed by atoms with Crippen molar-refractivity contribution in [2.45, 2.75) is 39.3 Å². The molecule has 0 unspecified atom stereocenters. The van der Waals surface area contributed by atoms with Gasteiger partial charge in [0.1, 0.15) is 5.76 Å². The molecule has 3 rings (SSSR count). The fourth-order valence-electron chi connectivity index (χ4n) is 3.85. The smallest absolute Gasteiger partial charge is 0.225 e. The van der Waals surface area contributed by atoms with Crippen molar-refractivity contribution in [2.24, 2.45) is 11.3 Å². The van der Waals surface area contributed by atoms with Gasteiger partial charge < -0.3 is 14.5 Å². The number of furan rings is 1. The first kappa shape index (κ1) is 15.6. The Balaban J connectivity index is 1.74. The summed E-state index contributed by atoms with van der Waals surface area (Å²) in [6.07, 6.45) is 3.65. The Kier molecular flexibility index (Phi) is 4.54. The van der Waals surface area contributed by atoms with E-state index in [9.17, 15) is 4.79 Å². The Hall–Kier alpha value is -1.33. The van der Waals surface area contributed by atoms with Gasteiger partial charge >= 0.3 is 0 Å². The number of likely N-dealkylation sites (tertiary alicyclic amines) is 1. The fourth-order valence-corrected chi connectivity index (χ4v) is 3.85. The van der Waals surface area contributed by atoms with Crippen molar-refractivity contribution in [3.05, 3.63) is 24.2 Å². The van der Waals surface area contributed by atoms with E-state index in [0.717, 1.165) is 51.4 Å². The Morgan fingerprint density at radius 2 is 2.23 bits per heavy atom. The van der Waals surface area contributed by atoms with Gasteiger partial charge in [0.15, 0.2) is 0 Å². The maximum atomic E-state index is 12.7. The quantitative estimate of drug-likeness (QED) is 0.925. The lowest BCUT2D eigenvalue weighted by molar-refractivity contribution is -0.130. The molecule has 2 fully saturated rings. The number of carbonyl (C=O) groups excluding carboxylic acids is 1. The number of hydrogen-bond donors (Lipinski definition) is 1. The van der Waals surface area contributed by atoms with Crippen molar-refractivity contribution in [1.29, 1.82) is 0 Å². The summed E-state index contributed by atoms with van der Waals surface area (Å²) in [6, 6.07) is 4.10. The molecular formula is C17H26N2O3. The highest BCUT2D eigenvalue weighted by atomic mass is 16.5. The molecule has 1 aromatic rings. The lowest BCUT2D eigenvalue weighted by atomic mass is 9.71. The molecule has 0 aliphatic carbocycles. The van der Waals surface area contributed by atoms with Crippen LogP contribution in [0.1, 0.15) is 32.4 Å². The second-order valence-electron chi connectivity index (χ2n) is 6.94. The summed E-state index contributed by atoms with van der Waals surface area (Å²) in [6.45, 7) is 8.10. The molecule has 0 saturated carbocycles. The first-order chi connectivity index (χ1) is 10.6. The second-order valence-corrected chi connectivity index (χ2v) is 6.94. The van der Waals surface area contributed by atoms with Crippen molar-refractivity contribution < 1.29 is 13.9 Å². The standard InChI is InChI=1S/C17H26N2O3/c1-13(2)18-16(20)15-11-19(10-14-4-3-7-22-14)12-17(15)5-8-21-9-6-17/h3-4,7,13,15H,5-6,8-12H2,1-2H3,(H,18,20)/t15-/m0/s1. The fraction of sp³-hybridized carbons (Fsp3) is 0.706. The highest BCUT2D eigenvalue weighted by molar-refractivity contribution is 5.80. The molecule has 5 nitrogen and oxygen atoms in total. The average molecular weight is 306 g/mol. The van der Waals surface area contributed by atoms with Gasteiger partial charge in [-0.3, -0.25) is 9.69 Å². The molecule has 2 aliphatic rings. The lowest BCUT2D eigenvalue weighted by Crippen LogP contribution is -2.46. The summed E-state index contributed by atoms with van der Waals surface area (Å²) in [5, 5.41) is 3.11. The van der Waals surface area contributed by atoms with E-state index in [2.05, 4.69) is 10.2 Å². The van der Waals surface area contributed by atoms with Gasteiger partial charge in [0, 0.05) is 37.8 Å². The molecular weight excluding hydrogens is 280 g/mol. The maximum Gasteiger partial charge on any atom is 0.225 e. The number of hydrogen-bond acceptors (Lipinski definition) is 4. The van der Waals surface area contributed by atoms with Gasteiger partial charge in [-0.25, -0.2) is 0 Å². The van der Waals surface area contributed by atoms with E-state index in [0.29, 0.717) is 0 Å². The zero-order valence-corrected chi connectivity index (χ0v) is 13.5. The molecule has 2 aliphatic heterocycles. The number of nitrogens with one attached hydrogen (secondary N) is 1. The Morgan fingerprint density at radius 3 is 2.86 bits per heavy atom. The molecule has 1 spiro atoms. The zero-order valence-electron chi connectivity index (χ0n) is 13.5. The van der Waals surface area contributed by atoms with E-state index in [1.54, 1.807) is 6.26 Å². The molecule has 1 amide bonds. The summed E-state index contributed by atoms with van der Waals surface area (Å²) < 4.78 is 11.0. The van der Waals surface area contributed by atoms with Crippen LogP contribution in [0.15, 0.2) is 22.8 Å². The van der Waals surface area contributed by atoms with Gasteiger partial charge in [-0.1, -0.05) is 0 Å². The first-order valence-corrected chi connectivity index (χ1v) is 8.22. The molecule has 1 aromatic heterocycles. The lowest BCUT2D eigenvalue weighted by Gasteiger charge is -2.37. The zero-order chi connectivity index (χ0) is 15.6. The van der Waals surface area contributed by atoms with Crippen LogP contribution in [0.5, 0.6) is 0 Å². The van der Waals surface area contributed by atoms with Crippen LogP contribution in [0.25, 0.3) is 0 Å². The predicted octanol–water partition coefficient (Wildman–Crippen LogP) is 2.03. The molecule has 3 heterocycles. The van der Waals surface area contributed by atoms with Crippen LogP contribution >= 0.6 is 0 Å². The number of rotatable bonds is 4. The predicted molar refractivity (Wildman–Crippen MR) is 83.2 cm³/mol. The van der Waals surface area contributed by atoms with E-state index >= 15 is 0 Å². The van der Waals surface area contributed by atoms with E-state index in [1.807, 2.05) is 26.0 Å². The van der Waals surface area contributed by atoms with Crippen molar-refractivity contribution >= 4 is 5.91 Å². The molecule has 5 heteroatoms. The summed E-state index contributed by atoms with van der Waals surface area (Å²) in [5.41, 5.74) is 0.0593. The number of ether oxygens (including phenoxy) is 1. The minimum absolute atomic E-state index is 0.0498. The second kappa shape index (κ2) is 6.42. The molecule has 1 N–H and O–H groups in total. The van der Waals surface area contributed by atoms with Crippen LogP contribution in [0, 0.1) is 11.3 Å². The molecule has 22 heavy (non-hydrogen) atoms. The van der Waals surface area contributed by atoms with Gasteiger partial charge in [-0.15, -0.1) is 0 Å². The summed E-state index contributed by atoms with van der Waals surface area (Å²) >= 11 is 0. The third kappa shape index (κ3) is 3.20. The van der Waals surface area contributed by atoms with Gasteiger partial charge in [0.25, 0.3) is 0 Å². The van der Waals surface area contributed by atoms with Crippen LogP contribution in [0.4, 0.5) is 0 Å². The summed E-state index contributed by atoms with van der Waals surface area (Å²) in [4.78, 5) is 15.0. The molecule has 0 aromatic carbocycles. The van der Waals surface area contributed by atoms with Crippen molar-refractivity contribution in [3.63, 3.8) is 0 Å². The number of nitrogens with zero attached hydrogens (tertiary/aromatic N) is 1. The van der Waals surface area contributed by atoms with Crippen molar-refractivity contribution in [2.75, 3.05) is 26.3 Å². The topological polar surface area (TPSA) is 54.7 Å². The minimum Gasteiger partial charge on any atom is -0.468 e. The van der Waals surface area contributed by atoms with E-state index < -0.39 is 0 Å². The number of carbonyl (C=O) groups is 1. The van der Waals surface area contributed by atoms with Crippen LogP contribution in [0.3, 0.4) is 0 Å². The van der Waals surface area contributed by atoms with E-state index in [-0.39, 0.29) is 23.3 Å². The highest BCUT2D eigenvalue weighted by Gasteiger charge is 2.50. The molecule has 0 bridgehead atoms. The monoisotopic (exact) mass is 306 g/mol. The normalized spacial score (nSPS) is 25.0. The van der Waals surface area contributed by atoms with Crippen molar-refractivity contribution in [1.82, 2.24) is 10.2 Å². The average Bonchev–Trinajstić information content (AvgIpc) is 3.08. The van der Waals surface area contributed by atoms with Crippen molar-refractivity contribution in [3.8, 4) is 0 Å². The molecule has 2 saturated heterocycles. The first-order valence-electron chi connectivity index (χ1n) is 8.22. The Bertz CT molecular complexity index is 492. The van der Waals surface area contributed by atoms with Crippen LogP contribution in [-0.4, -0.2) is 43.2 Å². The summed E-state index contributed by atoms with van der Waals surface area (Å²) in [7, 11) is 0. The molecule has 0 radical (unpaired) electrons. The van der Waals surface area contributed by atoms with Crippen LogP contribution in [-0.2, 0) is 16.1 Å². The van der Waals surface area contributed by atoms with Gasteiger partial charge in [0.05, 0.1) is 18.7 Å².